The monoisotopic (exact) mass is 780 g/mol. The maximum absolute atomic E-state index is 14.2. The normalized spacial score (nSPS) is 17.2. The number of nitrogens with zero attached hydrogens (tertiary/aromatic N) is 1. The van der Waals surface area contributed by atoms with Crippen LogP contribution >= 0.6 is 0 Å². The lowest BCUT2D eigenvalue weighted by Gasteiger charge is -2.40. The Morgan fingerprint density at radius 2 is 1.38 bits per heavy atom. The standard InChI is InChI=1S/C41H70FN5O8/c1-14-25(6)37(47(11)40(51)36(24(4)5)46-39(50)35(43-10)23(2)3)33(55-13)22-34(48)44-28(9)26(7)19-20-32(54-12)27(8)38(49)45-31(41(52)53)21-29-17-15-16-18-30(29)42/h15-18,23-28,31-33,35-37,43H,14,19-22H2,1-13H3,(H,44,48)(H,45,49)(H,46,50)(H,52,53)/t25-,26-,27+,28?,31-,32?,33?,35?,36-,37?/m0/s1. The molecule has 55 heavy (non-hydrogen) atoms. The lowest BCUT2D eigenvalue weighted by molar-refractivity contribution is -0.144. The highest BCUT2D eigenvalue weighted by Gasteiger charge is 2.38. The van der Waals surface area contributed by atoms with E-state index in [0.717, 1.165) is 6.42 Å². The van der Waals surface area contributed by atoms with Gasteiger partial charge in [-0.1, -0.05) is 80.0 Å². The second-order valence-corrected chi connectivity index (χ2v) is 15.7. The van der Waals surface area contributed by atoms with Gasteiger partial charge in [-0.05, 0) is 62.1 Å². The fraction of sp³-hybridized carbons (Fsp3) is 0.732. The number of rotatable bonds is 25. The number of halogens is 1. The number of aliphatic carboxylic acids is 1. The molecule has 0 fully saturated rings. The van der Waals surface area contributed by atoms with E-state index in [1.165, 1.54) is 32.4 Å². The van der Waals surface area contributed by atoms with Gasteiger partial charge in [0, 0.05) is 33.7 Å². The lowest BCUT2D eigenvalue weighted by Crippen LogP contribution is -2.59. The van der Waals surface area contributed by atoms with Gasteiger partial charge in [0.25, 0.3) is 0 Å². The first-order valence-corrected chi connectivity index (χ1v) is 19.6. The summed E-state index contributed by atoms with van der Waals surface area (Å²) in [6.07, 6.45) is 0.414. The molecule has 0 bridgehead atoms. The third-order valence-corrected chi connectivity index (χ3v) is 11.0. The van der Waals surface area contributed by atoms with Crippen LogP contribution in [0.1, 0.15) is 93.6 Å². The predicted molar refractivity (Wildman–Crippen MR) is 212 cm³/mol. The van der Waals surface area contributed by atoms with Gasteiger partial charge < -0.3 is 40.7 Å². The van der Waals surface area contributed by atoms with Gasteiger partial charge >= 0.3 is 5.97 Å². The average molecular weight is 780 g/mol. The number of benzene rings is 1. The topological polar surface area (TPSA) is 175 Å². The van der Waals surface area contributed by atoms with Gasteiger partial charge in [-0.2, -0.15) is 0 Å². The van der Waals surface area contributed by atoms with E-state index in [4.69, 9.17) is 9.47 Å². The number of hydrogen-bond acceptors (Lipinski definition) is 8. The largest absolute Gasteiger partial charge is 0.480 e. The van der Waals surface area contributed by atoms with Crippen LogP contribution in [0, 0.1) is 35.4 Å². The molecule has 10 atom stereocenters. The summed E-state index contributed by atoms with van der Waals surface area (Å²) in [6, 6.07) is 2.59. The van der Waals surface area contributed by atoms with Crippen molar-refractivity contribution in [2.45, 2.75) is 137 Å². The quantitative estimate of drug-likeness (QED) is 0.0976. The minimum absolute atomic E-state index is 0.00357. The first-order valence-electron chi connectivity index (χ1n) is 19.6. The molecule has 0 aromatic heterocycles. The fourth-order valence-electron chi connectivity index (χ4n) is 6.92. The van der Waals surface area contributed by atoms with Crippen LogP contribution in [0.25, 0.3) is 0 Å². The number of carboxylic acid groups (broad SMARTS) is 1. The van der Waals surface area contributed by atoms with E-state index < -0.39 is 60.0 Å². The smallest absolute Gasteiger partial charge is 0.326 e. The first-order chi connectivity index (χ1) is 25.7. The van der Waals surface area contributed by atoms with E-state index in [2.05, 4.69) is 21.3 Å². The van der Waals surface area contributed by atoms with Crippen molar-refractivity contribution in [3.8, 4) is 0 Å². The summed E-state index contributed by atoms with van der Waals surface area (Å²) in [4.78, 5) is 67.3. The van der Waals surface area contributed by atoms with Crippen molar-refractivity contribution in [2.75, 3.05) is 28.3 Å². The Kier molecular flexibility index (Phi) is 21.7. The molecule has 0 aliphatic heterocycles. The van der Waals surface area contributed by atoms with Gasteiger partial charge in [-0.25, -0.2) is 9.18 Å². The SMILES string of the molecule is CC[C@H](C)C(C(CC(=O)NC(C)[C@@H](C)CCC(OC)[C@@H](C)C(=O)N[C@@H](Cc1ccccc1F)C(=O)O)OC)N(C)C(=O)[C@@H](NC(=O)C(NC)C(C)C)C(C)C. The Labute approximate surface area is 328 Å². The Balaban J connectivity index is 2.95. The highest BCUT2D eigenvalue weighted by atomic mass is 19.1. The molecule has 0 aliphatic carbocycles. The van der Waals surface area contributed by atoms with Crippen LogP contribution in [0.5, 0.6) is 0 Å². The van der Waals surface area contributed by atoms with Crippen LogP contribution in [-0.4, -0.2) is 110 Å². The highest BCUT2D eigenvalue weighted by molar-refractivity contribution is 5.90. The summed E-state index contributed by atoms with van der Waals surface area (Å²) >= 11 is 0. The molecule has 5 N–H and O–H groups in total. The van der Waals surface area contributed by atoms with Gasteiger partial charge in [-0.15, -0.1) is 0 Å². The van der Waals surface area contributed by atoms with Crippen molar-refractivity contribution in [3.05, 3.63) is 35.6 Å². The summed E-state index contributed by atoms with van der Waals surface area (Å²) in [5, 5.41) is 21.3. The van der Waals surface area contributed by atoms with Gasteiger partial charge in [-0.3, -0.25) is 19.2 Å². The summed E-state index contributed by atoms with van der Waals surface area (Å²) < 4.78 is 25.7. The third-order valence-electron chi connectivity index (χ3n) is 11.0. The number of carbonyl (C=O) groups excluding carboxylic acids is 4. The number of methoxy groups -OCH3 is 2. The van der Waals surface area contributed by atoms with E-state index in [1.54, 1.807) is 32.0 Å². The number of nitrogens with one attached hydrogen (secondary N) is 4. The number of ether oxygens (including phenoxy) is 2. The molecule has 0 saturated carbocycles. The van der Waals surface area contributed by atoms with Crippen molar-refractivity contribution >= 4 is 29.6 Å². The van der Waals surface area contributed by atoms with Crippen LogP contribution < -0.4 is 21.3 Å². The van der Waals surface area contributed by atoms with Crippen LogP contribution in [0.15, 0.2) is 24.3 Å². The van der Waals surface area contributed by atoms with E-state index in [9.17, 15) is 33.5 Å². The lowest BCUT2D eigenvalue weighted by atomic mass is 9.89. The van der Waals surface area contributed by atoms with Gasteiger partial charge in [0.2, 0.25) is 23.6 Å². The predicted octanol–water partition coefficient (Wildman–Crippen LogP) is 4.17. The van der Waals surface area contributed by atoms with Crippen molar-refractivity contribution in [3.63, 3.8) is 0 Å². The maximum Gasteiger partial charge on any atom is 0.326 e. The second kappa shape index (κ2) is 24.1. The number of carbonyl (C=O) groups is 5. The maximum atomic E-state index is 14.2. The molecule has 5 unspecified atom stereocenters. The molecule has 14 heteroatoms. The van der Waals surface area contributed by atoms with Crippen LogP contribution in [0.2, 0.25) is 0 Å². The molecule has 13 nitrogen and oxygen atoms in total. The molecular weight excluding hydrogens is 709 g/mol. The van der Waals surface area contributed by atoms with Crippen molar-refractivity contribution in [1.82, 2.24) is 26.2 Å². The molecule has 4 amide bonds. The first kappa shape index (κ1) is 49.4. The molecule has 0 spiro atoms. The van der Waals surface area contributed by atoms with Crippen LogP contribution in [0.4, 0.5) is 4.39 Å². The Bertz CT molecular complexity index is 1380. The minimum Gasteiger partial charge on any atom is -0.480 e. The van der Waals surface area contributed by atoms with E-state index in [-0.39, 0.29) is 65.8 Å². The van der Waals surface area contributed by atoms with E-state index >= 15 is 0 Å². The summed E-state index contributed by atoms with van der Waals surface area (Å²) in [5.41, 5.74) is 0.189. The summed E-state index contributed by atoms with van der Waals surface area (Å²) in [5.74, 6) is -3.99. The average Bonchev–Trinajstić information content (AvgIpc) is 3.13. The molecule has 1 aromatic rings. The third kappa shape index (κ3) is 15.1. The molecule has 314 valence electrons. The van der Waals surface area contributed by atoms with Crippen LogP contribution in [0.3, 0.4) is 0 Å². The van der Waals surface area contributed by atoms with Crippen molar-refractivity contribution in [1.29, 1.82) is 0 Å². The zero-order valence-electron chi connectivity index (χ0n) is 35.4. The molecule has 0 radical (unpaired) electrons. The number of likely N-dealkylation sites (N-methyl/N-ethyl adjacent to an activating group) is 2. The van der Waals surface area contributed by atoms with Crippen LogP contribution in [-0.2, 0) is 39.9 Å². The molecule has 1 aromatic carbocycles. The number of hydrogen-bond donors (Lipinski definition) is 5. The highest BCUT2D eigenvalue weighted by Crippen LogP contribution is 2.24. The summed E-state index contributed by atoms with van der Waals surface area (Å²) in [6.45, 7) is 17.2. The number of carboxylic acids is 1. The molecule has 1 rings (SSSR count). The minimum atomic E-state index is -1.31. The van der Waals surface area contributed by atoms with Gasteiger partial charge in [0.1, 0.15) is 17.9 Å². The van der Waals surface area contributed by atoms with Crippen molar-refractivity contribution < 1.29 is 42.9 Å². The fourth-order valence-corrected chi connectivity index (χ4v) is 6.92. The second-order valence-electron chi connectivity index (χ2n) is 15.7. The molecular formula is C41H70FN5O8. The Morgan fingerprint density at radius 1 is 0.800 bits per heavy atom. The van der Waals surface area contributed by atoms with Crippen molar-refractivity contribution in [2.24, 2.45) is 29.6 Å². The molecule has 0 saturated heterocycles. The molecule has 0 aliphatic rings. The Hall–Kier alpha value is -3.62. The van der Waals surface area contributed by atoms with E-state index in [1.807, 2.05) is 55.4 Å². The number of amides is 4. The van der Waals surface area contributed by atoms with Gasteiger partial charge in [0.05, 0.1) is 36.6 Å². The zero-order valence-corrected chi connectivity index (χ0v) is 35.4. The Morgan fingerprint density at radius 3 is 1.87 bits per heavy atom. The molecule has 0 heterocycles. The van der Waals surface area contributed by atoms with E-state index in [0.29, 0.717) is 12.8 Å². The summed E-state index contributed by atoms with van der Waals surface area (Å²) in [7, 11) is 6.43. The zero-order chi connectivity index (χ0) is 42.2. The van der Waals surface area contributed by atoms with Gasteiger partial charge in [0.15, 0.2) is 0 Å².